The molecule has 5 nitrogen and oxygen atoms in total. The van der Waals surface area contributed by atoms with E-state index in [4.69, 9.17) is 5.53 Å². The fraction of sp³-hybridized carbons (Fsp3) is 0.571. The van der Waals surface area contributed by atoms with Gasteiger partial charge in [-0.25, -0.2) is 0 Å². The standard InChI is InChI=1S/C7H9N3O2/c8-9-4-6(11)5-10-3-1-2-7(10)12/h4H,1-3,5H2. The lowest BCUT2D eigenvalue weighted by atomic mass is 10.4. The predicted octanol–water partition coefficient (Wildman–Crippen LogP) is -0.522. The average Bonchev–Trinajstić information content (AvgIpc) is 2.37. The summed E-state index contributed by atoms with van der Waals surface area (Å²) in [5, 5.41) is 0. The van der Waals surface area contributed by atoms with Gasteiger partial charge in [0, 0.05) is 13.0 Å². The van der Waals surface area contributed by atoms with E-state index in [2.05, 4.69) is 4.79 Å². The molecule has 0 bridgehead atoms. The minimum Gasteiger partial charge on any atom is -0.361 e. The highest BCUT2D eigenvalue weighted by Gasteiger charge is 2.22. The smallest absolute Gasteiger partial charge is 0.325 e. The molecular weight excluding hydrogens is 158 g/mol. The fourth-order valence-corrected chi connectivity index (χ4v) is 1.16. The molecule has 0 radical (unpaired) electrons. The van der Waals surface area contributed by atoms with Gasteiger partial charge in [-0.3, -0.25) is 9.59 Å². The summed E-state index contributed by atoms with van der Waals surface area (Å²) in [4.78, 5) is 25.9. The van der Waals surface area contributed by atoms with Crippen LogP contribution < -0.4 is 0 Å². The summed E-state index contributed by atoms with van der Waals surface area (Å²) in [6.07, 6.45) is 2.14. The van der Waals surface area contributed by atoms with Crippen molar-refractivity contribution in [1.29, 1.82) is 0 Å². The SMILES string of the molecule is [N-]=[N+]=CC(=O)CN1CCCC1=O. The maximum absolute atomic E-state index is 11.0. The van der Waals surface area contributed by atoms with E-state index >= 15 is 0 Å². The molecule has 12 heavy (non-hydrogen) atoms. The van der Waals surface area contributed by atoms with Crippen LogP contribution in [0.1, 0.15) is 12.8 Å². The molecule has 0 unspecified atom stereocenters. The molecule has 1 rings (SSSR count). The predicted molar refractivity (Wildman–Crippen MR) is 40.5 cm³/mol. The molecule has 0 spiro atoms. The van der Waals surface area contributed by atoms with Crippen LogP contribution in [0.3, 0.4) is 0 Å². The van der Waals surface area contributed by atoms with E-state index in [1.165, 1.54) is 4.90 Å². The van der Waals surface area contributed by atoms with Crippen molar-refractivity contribution in [2.75, 3.05) is 13.1 Å². The maximum Gasteiger partial charge on any atom is 0.325 e. The Kier molecular flexibility index (Phi) is 2.71. The van der Waals surface area contributed by atoms with Gasteiger partial charge in [0.15, 0.2) is 0 Å². The Bertz CT molecular complexity index is 255. The van der Waals surface area contributed by atoms with Crippen LogP contribution in [-0.2, 0) is 9.59 Å². The van der Waals surface area contributed by atoms with E-state index < -0.39 is 0 Å². The number of nitrogens with zero attached hydrogens (tertiary/aromatic N) is 3. The van der Waals surface area contributed by atoms with Crippen molar-refractivity contribution < 1.29 is 14.4 Å². The van der Waals surface area contributed by atoms with E-state index in [0.29, 0.717) is 13.0 Å². The van der Waals surface area contributed by atoms with Crippen molar-refractivity contribution in [1.82, 2.24) is 4.90 Å². The highest BCUT2D eigenvalue weighted by molar-refractivity contribution is 6.26. The van der Waals surface area contributed by atoms with Crippen molar-refractivity contribution in [2.45, 2.75) is 12.8 Å². The summed E-state index contributed by atoms with van der Waals surface area (Å²) in [6.45, 7) is 0.659. The van der Waals surface area contributed by atoms with Crippen LogP contribution in [0.4, 0.5) is 0 Å². The van der Waals surface area contributed by atoms with Gasteiger partial charge in [-0.15, -0.1) is 0 Å². The first-order chi connectivity index (χ1) is 5.74. The second-order valence-electron chi connectivity index (χ2n) is 2.63. The van der Waals surface area contributed by atoms with Crippen molar-refractivity contribution in [3.05, 3.63) is 5.53 Å². The van der Waals surface area contributed by atoms with Gasteiger partial charge in [-0.1, -0.05) is 0 Å². The van der Waals surface area contributed by atoms with Gasteiger partial charge in [0.2, 0.25) is 5.91 Å². The first-order valence-electron chi connectivity index (χ1n) is 3.72. The Balaban J connectivity index is 2.45. The monoisotopic (exact) mass is 167 g/mol. The van der Waals surface area contributed by atoms with Crippen LogP contribution in [0, 0.1) is 0 Å². The first kappa shape index (κ1) is 8.62. The maximum atomic E-state index is 11.0. The van der Waals surface area contributed by atoms with Crippen LogP contribution in [0.15, 0.2) is 0 Å². The normalized spacial score (nSPS) is 16.0. The summed E-state index contributed by atoms with van der Waals surface area (Å²) in [7, 11) is 0. The molecule has 0 aliphatic carbocycles. The summed E-state index contributed by atoms with van der Waals surface area (Å²) in [5.41, 5.74) is 8.02. The fourth-order valence-electron chi connectivity index (χ4n) is 1.16. The number of ketones is 1. The molecule has 64 valence electrons. The van der Waals surface area contributed by atoms with E-state index in [1.54, 1.807) is 0 Å². The molecule has 1 heterocycles. The van der Waals surface area contributed by atoms with Crippen LogP contribution in [0.2, 0.25) is 0 Å². The van der Waals surface area contributed by atoms with E-state index in [-0.39, 0.29) is 18.2 Å². The zero-order valence-electron chi connectivity index (χ0n) is 6.56. The number of Topliss-reactive ketones (excluding diaryl/α,β-unsaturated/α-hetero) is 1. The Morgan fingerprint density at radius 2 is 2.50 bits per heavy atom. The minimum atomic E-state index is -0.354. The first-order valence-corrected chi connectivity index (χ1v) is 3.72. The van der Waals surface area contributed by atoms with Crippen LogP contribution in [0.25, 0.3) is 5.53 Å². The van der Waals surface area contributed by atoms with Crippen LogP contribution in [-0.4, -0.2) is 40.7 Å². The lowest BCUT2D eigenvalue weighted by Gasteiger charge is -2.10. The van der Waals surface area contributed by atoms with Gasteiger partial charge in [0.25, 0.3) is 5.78 Å². The molecule has 1 aliphatic rings. The molecule has 1 amide bonds. The summed E-state index contributed by atoms with van der Waals surface area (Å²) < 4.78 is 0. The van der Waals surface area contributed by atoms with E-state index in [9.17, 15) is 9.59 Å². The molecule has 0 saturated carbocycles. The molecule has 0 atom stereocenters. The van der Waals surface area contributed by atoms with Crippen LogP contribution in [0.5, 0.6) is 0 Å². The zero-order chi connectivity index (χ0) is 8.97. The topological polar surface area (TPSA) is 73.8 Å². The molecule has 0 aromatic heterocycles. The highest BCUT2D eigenvalue weighted by Crippen LogP contribution is 2.08. The summed E-state index contributed by atoms with van der Waals surface area (Å²) in [5.74, 6) is -0.359. The Morgan fingerprint density at radius 3 is 3.00 bits per heavy atom. The van der Waals surface area contributed by atoms with Gasteiger partial charge < -0.3 is 10.4 Å². The molecule has 0 N–H and O–H groups in total. The van der Waals surface area contributed by atoms with Crippen molar-refractivity contribution in [2.24, 2.45) is 0 Å². The van der Waals surface area contributed by atoms with E-state index in [1.807, 2.05) is 0 Å². The van der Waals surface area contributed by atoms with E-state index in [0.717, 1.165) is 12.6 Å². The van der Waals surface area contributed by atoms with Gasteiger partial charge in [0.05, 0.1) is 6.54 Å². The summed E-state index contributed by atoms with van der Waals surface area (Å²) in [6, 6.07) is 0. The number of hydrogen-bond donors (Lipinski definition) is 0. The Hall–Kier alpha value is -1.48. The quantitative estimate of drug-likeness (QED) is 0.322. The molecular formula is C7H9N3O2. The van der Waals surface area contributed by atoms with Crippen molar-refractivity contribution in [3.8, 4) is 0 Å². The number of carbonyl (C=O) groups excluding carboxylic acids is 2. The van der Waals surface area contributed by atoms with Gasteiger partial charge in [-0.05, 0) is 6.42 Å². The van der Waals surface area contributed by atoms with Gasteiger partial charge in [-0.2, -0.15) is 4.79 Å². The number of hydrogen-bond acceptors (Lipinski definition) is 2. The Morgan fingerprint density at radius 1 is 1.75 bits per heavy atom. The summed E-state index contributed by atoms with van der Waals surface area (Å²) >= 11 is 0. The second-order valence-corrected chi connectivity index (χ2v) is 2.63. The van der Waals surface area contributed by atoms with Crippen molar-refractivity contribution in [3.63, 3.8) is 0 Å². The third-order valence-corrected chi connectivity index (χ3v) is 1.72. The molecule has 5 heteroatoms. The number of likely N-dealkylation sites (tertiary alicyclic amines) is 1. The van der Waals surface area contributed by atoms with Crippen molar-refractivity contribution >= 4 is 17.9 Å². The van der Waals surface area contributed by atoms with Gasteiger partial charge >= 0.3 is 6.21 Å². The molecule has 0 aromatic carbocycles. The third-order valence-electron chi connectivity index (χ3n) is 1.72. The largest absolute Gasteiger partial charge is 0.361 e. The molecule has 1 fully saturated rings. The Labute approximate surface area is 69.6 Å². The molecule has 1 aliphatic heterocycles. The molecule has 1 saturated heterocycles. The van der Waals surface area contributed by atoms with Gasteiger partial charge in [0.1, 0.15) is 0 Å². The highest BCUT2D eigenvalue weighted by atomic mass is 16.2. The second kappa shape index (κ2) is 3.78. The number of carbonyl (C=O) groups is 2. The third kappa shape index (κ3) is 2.00. The van der Waals surface area contributed by atoms with Crippen LogP contribution >= 0.6 is 0 Å². The number of rotatable bonds is 3. The molecule has 0 aromatic rings. The lowest BCUT2D eigenvalue weighted by Crippen LogP contribution is -2.31. The number of amides is 1. The minimum absolute atomic E-state index is 0.00492. The zero-order valence-corrected chi connectivity index (χ0v) is 6.56. The average molecular weight is 167 g/mol. The lowest BCUT2D eigenvalue weighted by molar-refractivity contribution is -0.131.